The van der Waals surface area contributed by atoms with Gasteiger partial charge in [0.2, 0.25) is 15.9 Å². The van der Waals surface area contributed by atoms with Crippen molar-refractivity contribution in [2.75, 3.05) is 36.9 Å². The maximum absolute atomic E-state index is 14.0. The van der Waals surface area contributed by atoms with Crippen molar-refractivity contribution < 1.29 is 47.3 Å². The monoisotopic (exact) mass is 911 g/mol. The molecule has 0 saturated carbocycles. The molecule has 20 heteroatoms. The zero-order valence-corrected chi connectivity index (χ0v) is 37.1. The molecule has 0 bridgehead atoms. The molecule has 7 N–H and O–H groups in total. The number of carboxylic acids is 2. The van der Waals surface area contributed by atoms with E-state index in [0.717, 1.165) is 41.2 Å². The number of benzene rings is 3. The van der Waals surface area contributed by atoms with Crippen molar-refractivity contribution in [3.63, 3.8) is 0 Å². The van der Waals surface area contributed by atoms with Crippen LogP contribution < -0.4 is 21.7 Å². The minimum atomic E-state index is -3.79. The molecule has 4 heterocycles. The Morgan fingerprint density at radius 1 is 0.985 bits per heavy atom. The second-order valence-electron chi connectivity index (χ2n) is 17.2. The molecular formula is C45H53N9O10S. The van der Waals surface area contributed by atoms with Crippen molar-refractivity contribution in [3.8, 4) is 0 Å². The van der Waals surface area contributed by atoms with Crippen molar-refractivity contribution in [3.05, 3.63) is 95.0 Å². The zero-order chi connectivity index (χ0) is 46.6. The normalized spacial score (nSPS) is 20.0. The fourth-order valence-electron chi connectivity index (χ4n) is 8.86. The van der Waals surface area contributed by atoms with Gasteiger partial charge in [0, 0.05) is 54.4 Å². The Morgan fingerprint density at radius 2 is 1.72 bits per heavy atom. The van der Waals surface area contributed by atoms with Crippen LogP contribution in [-0.4, -0.2) is 111 Å². The summed E-state index contributed by atoms with van der Waals surface area (Å²) < 4.78 is 36.2. The maximum atomic E-state index is 14.0. The molecular weight excluding hydrogens is 859 g/mol. The molecule has 7 rings (SSSR count). The van der Waals surface area contributed by atoms with Crippen molar-refractivity contribution in [2.45, 2.75) is 88.6 Å². The number of nitrogens with two attached hydrogens (primary N) is 1. The van der Waals surface area contributed by atoms with Crippen molar-refractivity contribution >= 4 is 74.0 Å². The molecule has 19 nitrogen and oxygen atoms in total. The molecule has 2 unspecified atom stereocenters. The molecule has 2 atom stereocenters. The van der Waals surface area contributed by atoms with Crippen molar-refractivity contribution in [1.82, 2.24) is 24.3 Å². The summed E-state index contributed by atoms with van der Waals surface area (Å²) in [6.07, 6.45) is 4.21. The Hall–Kier alpha value is -6.80. The standard InChI is InChI=1S/C45H53N9O10S/c1-27-35-21-30(10-11-36(35)54(51-27)37-12-13-39(55)50-42(37)58)29-14-17-52(18-15-29)44(61)49-32-8-4-6-28(20-32)26-65(62,63)53-19-16-34(23-45(53,2)3)48-33-9-5-7-31(22-33)47-24-38(41(46)43(59)60)64-25-40(56)57/h4-11,20-22,24,29,34,37,48H,12-19,23,25-26,46H2,1-3H3,(H,49,61)(H,56,57)(H,59,60)(H,50,55,58)/b41-38+,47-24?. The van der Waals surface area contributed by atoms with Crippen LogP contribution in [0.3, 0.4) is 0 Å². The van der Waals surface area contributed by atoms with E-state index in [1.165, 1.54) is 4.31 Å². The number of allylic oxidation sites excluding steroid dienone is 1. The number of aryl methyl sites for hydroxylation is 1. The number of imide groups is 1. The smallest absolute Gasteiger partial charge is 0.355 e. The number of likely N-dealkylation sites (tertiary alicyclic amines) is 1. The van der Waals surface area contributed by atoms with Gasteiger partial charge in [0.1, 0.15) is 6.04 Å². The molecule has 3 aliphatic heterocycles. The Morgan fingerprint density at radius 3 is 2.43 bits per heavy atom. The summed E-state index contributed by atoms with van der Waals surface area (Å²) in [7, 11) is -3.79. The van der Waals surface area contributed by atoms with E-state index in [2.05, 4.69) is 38.2 Å². The molecule has 3 fully saturated rings. The number of amides is 4. The number of fused-ring (bicyclic) bond motifs is 1. The third kappa shape index (κ3) is 10.9. The minimum absolute atomic E-state index is 0.0961. The lowest BCUT2D eigenvalue weighted by Gasteiger charge is -2.45. The SMILES string of the molecule is Cc1nn(C2CCC(=O)NC2=O)c2ccc(C3CCN(C(=O)Nc4cccc(CS(=O)(=O)N5CCC(Nc6cccc(N=C/C(OCC(=O)O)=C(\N)C(=O)O)c6)CC5(C)C)c4)CC3)cc12. The lowest BCUT2D eigenvalue weighted by Crippen LogP contribution is -2.55. The second-order valence-corrected chi connectivity index (χ2v) is 19.1. The van der Waals surface area contributed by atoms with Crippen molar-refractivity contribution in [1.29, 1.82) is 0 Å². The summed E-state index contributed by atoms with van der Waals surface area (Å²) in [5.41, 5.74) is 9.02. The van der Waals surface area contributed by atoms with Crippen LogP contribution in [-0.2, 0) is 39.7 Å². The van der Waals surface area contributed by atoms with Crippen LogP contribution in [0.5, 0.6) is 0 Å². The fourth-order valence-corrected chi connectivity index (χ4v) is 10.8. The number of aromatic nitrogens is 2. The van der Waals surface area contributed by atoms with Crippen molar-refractivity contribution in [2.24, 2.45) is 10.7 Å². The number of hydrogen-bond donors (Lipinski definition) is 6. The zero-order valence-electron chi connectivity index (χ0n) is 36.3. The number of rotatable bonds is 14. The highest BCUT2D eigenvalue weighted by Crippen LogP contribution is 2.35. The Bertz CT molecular complexity index is 2690. The van der Waals surface area contributed by atoms with Crippen LogP contribution in [0.2, 0.25) is 0 Å². The van der Waals surface area contributed by atoms with E-state index in [4.69, 9.17) is 15.6 Å². The highest BCUT2D eigenvalue weighted by atomic mass is 32.2. The van der Waals surface area contributed by atoms with Crippen LogP contribution >= 0.6 is 0 Å². The number of sulfonamides is 1. The molecule has 1 aromatic heterocycles. The van der Waals surface area contributed by atoms with Crippen LogP contribution in [0.15, 0.2) is 83.2 Å². The first kappa shape index (κ1) is 46.2. The molecule has 0 radical (unpaired) electrons. The number of hydrogen-bond acceptors (Lipinski definition) is 12. The van der Waals surface area contributed by atoms with E-state index in [9.17, 15) is 37.5 Å². The van der Waals surface area contributed by atoms with Crippen LogP contribution in [0.1, 0.15) is 81.2 Å². The molecule has 4 aromatic rings. The van der Waals surface area contributed by atoms with E-state index in [1.54, 1.807) is 52.0 Å². The minimum Gasteiger partial charge on any atom is -0.479 e. The predicted molar refractivity (Wildman–Crippen MR) is 242 cm³/mol. The van der Waals surface area contributed by atoms with Crippen LogP contribution in [0.4, 0.5) is 21.9 Å². The van der Waals surface area contributed by atoms with Gasteiger partial charge < -0.3 is 36.2 Å². The topological polar surface area (TPSA) is 268 Å². The quantitative estimate of drug-likeness (QED) is 0.0423. The van der Waals surface area contributed by atoms with Gasteiger partial charge in [-0.2, -0.15) is 9.40 Å². The van der Waals surface area contributed by atoms with E-state index >= 15 is 0 Å². The summed E-state index contributed by atoms with van der Waals surface area (Å²) in [6, 6.07) is 19.1. The maximum Gasteiger partial charge on any atom is 0.355 e. The Labute approximate surface area is 375 Å². The molecule has 0 aliphatic carbocycles. The largest absolute Gasteiger partial charge is 0.479 e. The number of carbonyl (C=O) groups is 5. The third-order valence-electron chi connectivity index (χ3n) is 12.0. The molecule has 4 amide bonds. The van der Waals surface area contributed by atoms with Gasteiger partial charge in [-0.1, -0.05) is 24.3 Å². The Balaban J connectivity index is 0.916. The van der Waals surface area contributed by atoms with Gasteiger partial charge in [-0.25, -0.2) is 22.8 Å². The molecule has 344 valence electrons. The summed E-state index contributed by atoms with van der Waals surface area (Å²) in [4.78, 5) is 66.0. The number of aliphatic imine (C=N–C) groups is 1. The molecule has 0 spiro atoms. The average Bonchev–Trinajstić information content (AvgIpc) is 3.57. The lowest BCUT2D eigenvalue weighted by molar-refractivity contribution is -0.141. The summed E-state index contributed by atoms with van der Waals surface area (Å²) in [6.45, 7) is 6.20. The highest BCUT2D eigenvalue weighted by Gasteiger charge is 2.41. The number of aliphatic carboxylic acids is 2. The molecule has 3 aromatic carbocycles. The van der Waals surface area contributed by atoms with Gasteiger partial charge in [-0.15, -0.1) is 0 Å². The van der Waals surface area contributed by atoms with Gasteiger partial charge in [0.15, 0.2) is 18.1 Å². The lowest BCUT2D eigenvalue weighted by atomic mass is 9.88. The van der Waals surface area contributed by atoms with Gasteiger partial charge in [-0.05, 0) is 112 Å². The van der Waals surface area contributed by atoms with Gasteiger partial charge >= 0.3 is 18.0 Å². The van der Waals surface area contributed by atoms with Gasteiger partial charge in [0.25, 0.3) is 5.91 Å². The number of urea groups is 1. The first-order valence-electron chi connectivity index (χ1n) is 21.3. The first-order valence-corrected chi connectivity index (χ1v) is 22.9. The van der Waals surface area contributed by atoms with E-state index < -0.39 is 51.6 Å². The Kier molecular flexibility index (Phi) is 13.6. The highest BCUT2D eigenvalue weighted by molar-refractivity contribution is 7.88. The number of ether oxygens (including phenoxy) is 1. The number of carboxylic acid groups (broad SMARTS) is 2. The number of piperidine rings is 3. The van der Waals surface area contributed by atoms with E-state index in [-0.39, 0.29) is 48.5 Å². The summed E-state index contributed by atoms with van der Waals surface area (Å²) >= 11 is 0. The number of carbonyl (C=O) groups excluding carboxylic acids is 3. The number of nitrogens with zero attached hydrogens (tertiary/aromatic N) is 5. The second kappa shape index (κ2) is 19.1. The van der Waals surface area contributed by atoms with E-state index in [0.29, 0.717) is 55.0 Å². The summed E-state index contributed by atoms with van der Waals surface area (Å²) in [5, 5.41) is 32.6. The van der Waals surface area contributed by atoms with Crippen LogP contribution in [0, 0.1) is 6.92 Å². The first-order chi connectivity index (χ1) is 30.9. The van der Waals surface area contributed by atoms with Crippen LogP contribution in [0.25, 0.3) is 10.9 Å². The average molecular weight is 912 g/mol. The predicted octanol–water partition coefficient (Wildman–Crippen LogP) is 4.98. The number of anilines is 2. The van der Waals surface area contributed by atoms with Gasteiger partial charge in [-0.3, -0.25) is 24.6 Å². The molecule has 3 aliphatic rings. The number of nitrogens with one attached hydrogen (secondary N) is 3. The van der Waals surface area contributed by atoms with E-state index in [1.807, 2.05) is 32.9 Å². The third-order valence-corrected chi connectivity index (χ3v) is 14.1. The fraction of sp³-hybridized carbons (Fsp3) is 0.400. The summed E-state index contributed by atoms with van der Waals surface area (Å²) in [5.74, 6) is -3.86. The molecule has 3 saturated heterocycles. The van der Waals surface area contributed by atoms with Gasteiger partial charge in [0.05, 0.1) is 28.9 Å². The molecule has 65 heavy (non-hydrogen) atoms.